The normalized spacial score (nSPS) is 13.1. The summed E-state index contributed by atoms with van der Waals surface area (Å²) in [7, 11) is 0. The van der Waals surface area contributed by atoms with Crippen LogP contribution in [0.15, 0.2) is 67.3 Å². The molecule has 3 aromatic carbocycles. The predicted octanol–water partition coefficient (Wildman–Crippen LogP) is 4.17. The molecule has 0 saturated carbocycles. The zero-order valence-corrected chi connectivity index (χ0v) is 18.8. The van der Waals surface area contributed by atoms with Gasteiger partial charge in [-0.15, -0.1) is 10.5 Å². The van der Waals surface area contributed by atoms with E-state index in [4.69, 9.17) is 10.5 Å². The Hall–Kier alpha value is -3.98. The van der Waals surface area contributed by atoms with Gasteiger partial charge in [0.25, 0.3) is 0 Å². The number of aromatic hydroxyl groups is 1. The minimum atomic E-state index is -2.41. The molecule has 4 rings (SSSR count). The second-order valence-electron chi connectivity index (χ2n) is 7.59. The second kappa shape index (κ2) is 9.48. The fourth-order valence-corrected chi connectivity index (χ4v) is 4.24. The van der Waals surface area contributed by atoms with Crippen molar-refractivity contribution in [1.82, 2.24) is 0 Å². The third-order valence-corrected chi connectivity index (χ3v) is 5.98. The Morgan fingerprint density at radius 3 is 2.26 bits per heavy atom. The molecule has 0 fully saturated rings. The zero-order chi connectivity index (χ0) is 24.4. The predicted molar refractivity (Wildman–Crippen MR) is 129 cm³/mol. The number of hydrogen-bond acceptors (Lipinski definition) is 7. The Labute approximate surface area is 198 Å². The van der Waals surface area contributed by atoms with Crippen LogP contribution in [0.5, 0.6) is 17.2 Å². The number of anilines is 2. The van der Waals surface area contributed by atoms with Crippen molar-refractivity contribution >= 4 is 34.1 Å². The standard InChI is InChI=1S/C25H21FN2O5S/c1-2-11-28(12-13-34(26)32)15-7-9-16(10-8-15)33-20-14-19(29)21-22(23(20)27)25(31)18-6-4-3-5-17(18)24(21)30/h2-10,14,29H,1,11-13,27H2. The minimum Gasteiger partial charge on any atom is -0.507 e. The number of ether oxygens (including phenoxy) is 1. The van der Waals surface area contributed by atoms with Gasteiger partial charge in [-0.05, 0) is 24.3 Å². The molecule has 3 aromatic rings. The van der Waals surface area contributed by atoms with E-state index >= 15 is 0 Å². The quantitative estimate of drug-likeness (QED) is 0.169. The molecule has 1 atom stereocenters. The van der Waals surface area contributed by atoms with E-state index in [1.54, 1.807) is 47.4 Å². The van der Waals surface area contributed by atoms with E-state index in [2.05, 4.69) is 6.58 Å². The fraction of sp³-hybridized carbons (Fsp3) is 0.120. The summed E-state index contributed by atoms with van der Waals surface area (Å²) in [6.07, 6.45) is 1.65. The highest BCUT2D eigenvalue weighted by molar-refractivity contribution is 7.79. The molecule has 1 unspecified atom stereocenters. The van der Waals surface area contributed by atoms with Crippen molar-refractivity contribution in [2.24, 2.45) is 0 Å². The first kappa shape index (κ1) is 23.2. The molecule has 7 nitrogen and oxygen atoms in total. The zero-order valence-electron chi connectivity index (χ0n) is 18.0. The number of fused-ring (bicyclic) bond motifs is 2. The van der Waals surface area contributed by atoms with Gasteiger partial charge in [0.1, 0.15) is 11.5 Å². The van der Waals surface area contributed by atoms with Crippen LogP contribution in [0.3, 0.4) is 0 Å². The maximum absolute atomic E-state index is 13.1. The average Bonchev–Trinajstić information content (AvgIpc) is 2.82. The monoisotopic (exact) mass is 480 g/mol. The average molecular weight is 481 g/mol. The summed E-state index contributed by atoms with van der Waals surface area (Å²) in [5, 5.41) is 10.6. The van der Waals surface area contributed by atoms with Gasteiger partial charge in [-0.25, -0.2) is 4.21 Å². The summed E-state index contributed by atoms with van der Waals surface area (Å²) < 4.78 is 29.4. The molecule has 9 heteroatoms. The van der Waals surface area contributed by atoms with Gasteiger partial charge in [0.15, 0.2) is 28.5 Å². The summed E-state index contributed by atoms with van der Waals surface area (Å²) in [4.78, 5) is 27.7. The number of carbonyl (C=O) groups is 2. The molecule has 0 aromatic heterocycles. The highest BCUT2D eigenvalue weighted by atomic mass is 32.2. The second-order valence-corrected chi connectivity index (χ2v) is 8.57. The molecule has 0 radical (unpaired) electrons. The van der Waals surface area contributed by atoms with Gasteiger partial charge >= 0.3 is 0 Å². The largest absolute Gasteiger partial charge is 0.507 e. The SMILES string of the molecule is C=CCN(CCS(=O)F)c1ccc(Oc2cc(O)c3c(c2N)C(=O)c2ccccc2C3=O)cc1. The first-order chi connectivity index (χ1) is 16.3. The van der Waals surface area contributed by atoms with Gasteiger partial charge in [0.05, 0.1) is 22.6 Å². The van der Waals surface area contributed by atoms with Crippen molar-refractivity contribution in [3.05, 3.63) is 89.5 Å². The van der Waals surface area contributed by atoms with Crippen LogP contribution in [0.25, 0.3) is 0 Å². The number of rotatable bonds is 8. The van der Waals surface area contributed by atoms with Crippen LogP contribution in [0.2, 0.25) is 0 Å². The number of phenolic OH excluding ortho intramolecular Hbond substituents is 1. The molecule has 174 valence electrons. The van der Waals surface area contributed by atoms with Crippen molar-refractivity contribution in [2.75, 3.05) is 29.5 Å². The Balaban J connectivity index is 1.64. The lowest BCUT2D eigenvalue weighted by Gasteiger charge is -2.23. The molecular formula is C25H21FN2O5S. The van der Waals surface area contributed by atoms with E-state index in [1.807, 2.05) is 0 Å². The van der Waals surface area contributed by atoms with E-state index in [0.717, 1.165) is 5.69 Å². The molecular weight excluding hydrogens is 459 g/mol. The maximum Gasteiger partial charge on any atom is 0.200 e. The van der Waals surface area contributed by atoms with E-state index in [9.17, 15) is 22.8 Å². The molecule has 3 N–H and O–H groups in total. The lowest BCUT2D eigenvalue weighted by Crippen LogP contribution is -2.27. The summed E-state index contributed by atoms with van der Waals surface area (Å²) in [5.74, 6) is -1.10. The van der Waals surface area contributed by atoms with E-state index < -0.39 is 28.5 Å². The van der Waals surface area contributed by atoms with E-state index in [0.29, 0.717) is 12.3 Å². The third-order valence-electron chi connectivity index (χ3n) is 5.48. The number of hydrogen-bond donors (Lipinski definition) is 2. The number of carbonyl (C=O) groups excluding carboxylic acids is 2. The molecule has 0 saturated heterocycles. The van der Waals surface area contributed by atoms with Gasteiger partial charge in [0.2, 0.25) is 0 Å². The van der Waals surface area contributed by atoms with Crippen LogP contribution < -0.4 is 15.4 Å². The van der Waals surface area contributed by atoms with Crippen LogP contribution in [-0.4, -0.2) is 39.7 Å². The van der Waals surface area contributed by atoms with Crippen molar-refractivity contribution < 1.29 is 27.5 Å². The number of phenols is 1. The van der Waals surface area contributed by atoms with Crippen LogP contribution in [-0.2, 0) is 11.2 Å². The Morgan fingerprint density at radius 2 is 1.68 bits per heavy atom. The molecule has 1 aliphatic carbocycles. The maximum atomic E-state index is 13.1. The minimum absolute atomic E-state index is 0.0281. The Morgan fingerprint density at radius 1 is 1.06 bits per heavy atom. The molecule has 0 aliphatic heterocycles. The number of ketones is 2. The van der Waals surface area contributed by atoms with Gasteiger partial charge in [-0.1, -0.05) is 30.3 Å². The van der Waals surface area contributed by atoms with Crippen molar-refractivity contribution in [2.45, 2.75) is 0 Å². The van der Waals surface area contributed by atoms with Gasteiger partial charge in [0, 0.05) is 36.0 Å². The first-order valence-electron chi connectivity index (χ1n) is 10.3. The lowest BCUT2D eigenvalue weighted by atomic mass is 9.82. The van der Waals surface area contributed by atoms with Crippen LogP contribution in [0, 0.1) is 0 Å². The Bertz CT molecular complexity index is 1320. The summed E-state index contributed by atoms with van der Waals surface area (Å²) in [6, 6.07) is 14.3. The molecule has 0 amide bonds. The molecule has 0 heterocycles. The number of nitrogen functional groups attached to an aromatic ring is 1. The Kier molecular flexibility index (Phi) is 6.47. The topological polar surface area (TPSA) is 110 Å². The van der Waals surface area contributed by atoms with Crippen LogP contribution >= 0.6 is 0 Å². The molecule has 1 aliphatic rings. The van der Waals surface area contributed by atoms with Crippen molar-refractivity contribution in [3.63, 3.8) is 0 Å². The molecule has 34 heavy (non-hydrogen) atoms. The van der Waals surface area contributed by atoms with Gasteiger partial charge in [-0.3, -0.25) is 9.59 Å². The van der Waals surface area contributed by atoms with Crippen molar-refractivity contribution in [3.8, 4) is 17.2 Å². The number of nitrogens with zero attached hydrogens (tertiary/aromatic N) is 1. The van der Waals surface area contributed by atoms with E-state index in [-0.39, 0.29) is 46.0 Å². The summed E-state index contributed by atoms with van der Waals surface area (Å²) >= 11 is -2.41. The molecule has 0 spiro atoms. The highest BCUT2D eigenvalue weighted by Gasteiger charge is 2.35. The summed E-state index contributed by atoms with van der Waals surface area (Å²) in [6.45, 7) is 4.35. The smallest absolute Gasteiger partial charge is 0.200 e. The lowest BCUT2D eigenvalue weighted by molar-refractivity contribution is 0.0977. The number of nitrogens with two attached hydrogens (primary N) is 1. The highest BCUT2D eigenvalue weighted by Crippen LogP contribution is 2.42. The van der Waals surface area contributed by atoms with Crippen LogP contribution in [0.4, 0.5) is 15.3 Å². The van der Waals surface area contributed by atoms with Crippen LogP contribution in [0.1, 0.15) is 31.8 Å². The van der Waals surface area contributed by atoms with Gasteiger partial charge < -0.3 is 20.5 Å². The van der Waals surface area contributed by atoms with Gasteiger partial charge in [-0.2, -0.15) is 0 Å². The number of halogens is 1. The first-order valence-corrected chi connectivity index (χ1v) is 11.6. The van der Waals surface area contributed by atoms with Crippen molar-refractivity contribution in [1.29, 1.82) is 0 Å². The third kappa shape index (κ3) is 4.29. The number of benzene rings is 3. The fourth-order valence-electron chi connectivity index (χ4n) is 3.87. The summed E-state index contributed by atoms with van der Waals surface area (Å²) in [5.41, 5.74) is 7.09. The molecule has 0 bridgehead atoms. The van der Waals surface area contributed by atoms with E-state index in [1.165, 1.54) is 18.2 Å².